The molecule has 1 aromatic heterocycles. The van der Waals surface area contributed by atoms with Gasteiger partial charge in [0.2, 0.25) is 5.91 Å². The van der Waals surface area contributed by atoms with Gasteiger partial charge in [-0.3, -0.25) is 9.78 Å². The number of carbonyl (C=O) groups is 1. The number of carbonyl (C=O) groups excluding carboxylic acids is 1. The van der Waals surface area contributed by atoms with Gasteiger partial charge in [-0.05, 0) is 12.5 Å². The molecule has 2 N–H and O–H groups in total. The lowest BCUT2D eigenvalue weighted by Gasteiger charge is -2.37. The van der Waals surface area contributed by atoms with Crippen molar-refractivity contribution in [1.82, 2.24) is 9.88 Å². The molecule has 1 amide bonds. The highest BCUT2D eigenvalue weighted by molar-refractivity contribution is 5.79. The summed E-state index contributed by atoms with van der Waals surface area (Å²) in [4.78, 5) is 20.5. The standard InChI is InChI=1S/C15H24N4O/c1-3-4-12(2)15(20)19-9-7-18(8-10-19)14-5-6-17-11-13(14)16/h5-6,11-12H,3-4,7-10,16H2,1-2H3. The number of aromatic nitrogens is 1. The molecule has 1 aliphatic heterocycles. The molecular weight excluding hydrogens is 252 g/mol. The third-order valence-electron chi connectivity index (χ3n) is 3.90. The van der Waals surface area contributed by atoms with Gasteiger partial charge in [-0.2, -0.15) is 0 Å². The second-order valence-corrected chi connectivity index (χ2v) is 5.44. The smallest absolute Gasteiger partial charge is 0.225 e. The van der Waals surface area contributed by atoms with E-state index in [0.717, 1.165) is 44.7 Å². The van der Waals surface area contributed by atoms with Crippen LogP contribution in [0.1, 0.15) is 26.7 Å². The van der Waals surface area contributed by atoms with Crippen LogP contribution in [0, 0.1) is 5.92 Å². The average Bonchev–Trinajstić information content (AvgIpc) is 2.47. The summed E-state index contributed by atoms with van der Waals surface area (Å²) < 4.78 is 0. The maximum absolute atomic E-state index is 12.3. The molecule has 0 aliphatic carbocycles. The van der Waals surface area contributed by atoms with E-state index in [2.05, 4.69) is 16.8 Å². The highest BCUT2D eigenvalue weighted by Gasteiger charge is 2.25. The van der Waals surface area contributed by atoms with Crippen LogP contribution in [0.15, 0.2) is 18.5 Å². The Morgan fingerprint density at radius 2 is 2.10 bits per heavy atom. The number of nitrogens with two attached hydrogens (primary N) is 1. The van der Waals surface area contributed by atoms with Crippen molar-refractivity contribution in [2.75, 3.05) is 36.8 Å². The Balaban J connectivity index is 1.93. The summed E-state index contributed by atoms with van der Waals surface area (Å²) in [7, 11) is 0. The van der Waals surface area contributed by atoms with Crippen molar-refractivity contribution >= 4 is 17.3 Å². The fraction of sp³-hybridized carbons (Fsp3) is 0.600. The minimum absolute atomic E-state index is 0.137. The lowest BCUT2D eigenvalue weighted by molar-refractivity contribution is -0.135. The van der Waals surface area contributed by atoms with Crippen LogP contribution in [0.5, 0.6) is 0 Å². The van der Waals surface area contributed by atoms with Crippen LogP contribution in [-0.4, -0.2) is 42.0 Å². The predicted octanol–water partition coefficient (Wildman–Crippen LogP) is 1.75. The highest BCUT2D eigenvalue weighted by Crippen LogP contribution is 2.23. The first-order valence-electron chi connectivity index (χ1n) is 7.36. The zero-order chi connectivity index (χ0) is 14.5. The Bertz CT molecular complexity index is 455. The third-order valence-corrected chi connectivity index (χ3v) is 3.90. The van der Waals surface area contributed by atoms with Gasteiger partial charge in [-0.15, -0.1) is 0 Å². The minimum Gasteiger partial charge on any atom is -0.396 e. The Labute approximate surface area is 120 Å². The molecule has 1 saturated heterocycles. The van der Waals surface area contributed by atoms with Crippen LogP contribution in [0.4, 0.5) is 11.4 Å². The number of anilines is 2. The Hall–Kier alpha value is -1.78. The quantitative estimate of drug-likeness (QED) is 0.910. The molecule has 0 saturated carbocycles. The molecule has 5 heteroatoms. The number of amides is 1. The summed E-state index contributed by atoms with van der Waals surface area (Å²) in [5.41, 5.74) is 7.67. The van der Waals surface area contributed by atoms with E-state index >= 15 is 0 Å². The van der Waals surface area contributed by atoms with Crippen molar-refractivity contribution in [3.63, 3.8) is 0 Å². The van der Waals surface area contributed by atoms with Gasteiger partial charge in [0.15, 0.2) is 0 Å². The van der Waals surface area contributed by atoms with E-state index in [0.29, 0.717) is 5.69 Å². The van der Waals surface area contributed by atoms with Crippen LogP contribution in [-0.2, 0) is 4.79 Å². The first kappa shape index (κ1) is 14.6. The Morgan fingerprint density at radius 3 is 2.70 bits per heavy atom. The Morgan fingerprint density at radius 1 is 1.40 bits per heavy atom. The van der Waals surface area contributed by atoms with Crippen molar-refractivity contribution in [3.05, 3.63) is 18.5 Å². The first-order valence-corrected chi connectivity index (χ1v) is 7.36. The fourth-order valence-corrected chi connectivity index (χ4v) is 2.72. The zero-order valence-electron chi connectivity index (χ0n) is 12.4. The second kappa shape index (κ2) is 6.59. The number of piperazine rings is 1. The maximum atomic E-state index is 12.3. The fourth-order valence-electron chi connectivity index (χ4n) is 2.72. The maximum Gasteiger partial charge on any atom is 0.225 e. The molecule has 110 valence electrons. The van der Waals surface area contributed by atoms with Crippen molar-refractivity contribution < 1.29 is 4.79 Å². The number of nitrogen functional groups attached to an aromatic ring is 1. The summed E-state index contributed by atoms with van der Waals surface area (Å²) in [6, 6.07) is 1.94. The van der Waals surface area contributed by atoms with Gasteiger partial charge in [-0.1, -0.05) is 20.3 Å². The summed E-state index contributed by atoms with van der Waals surface area (Å²) in [5, 5.41) is 0. The van der Waals surface area contributed by atoms with Crippen LogP contribution in [0.25, 0.3) is 0 Å². The van der Waals surface area contributed by atoms with E-state index in [1.807, 2.05) is 17.9 Å². The molecular formula is C15H24N4O. The van der Waals surface area contributed by atoms with Crippen molar-refractivity contribution in [2.24, 2.45) is 5.92 Å². The predicted molar refractivity (Wildman–Crippen MR) is 81.5 cm³/mol. The Kier molecular flexibility index (Phi) is 4.82. The molecule has 0 aromatic carbocycles. The van der Waals surface area contributed by atoms with Crippen LogP contribution < -0.4 is 10.6 Å². The molecule has 5 nitrogen and oxygen atoms in total. The molecule has 1 aromatic rings. The van der Waals surface area contributed by atoms with E-state index in [1.54, 1.807) is 12.4 Å². The van der Waals surface area contributed by atoms with Crippen molar-refractivity contribution in [3.8, 4) is 0 Å². The molecule has 1 unspecified atom stereocenters. The molecule has 1 aliphatic rings. The third kappa shape index (κ3) is 3.21. The van der Waals surface area contributed by atoms with Crippen LogP contribution in [0.3, 0.4) is 0 Å². The van der Waals surface area contributed by atoms with Crippen molar-refractivity contribution in [1.29, 1.82) is 0 Å². The molecule has 1 atom stereocenters. The van der Waals surface area contributed by atoms with Gasteiger partial charge in [0.1, 0.15) is 0 Å². The number of hydrogen-bond donors (Lipinski definition) is 1. The van der Waals surface area contributed by atoms with Gasteiger partial charge in [0, 0.05) is 38.3 Å². The lowest BCUT2D eigenvalue weighted by Crippen LogP contribution is -2.50. The summed E-state index contributed by atoms with van der Waals surface area (Å²) in [6.07, 6.45) is 5.46. The van der Waals surface area contributed by atoms with Gasteiger partial charge in [0.25, 0.3) is 0 Å². The average molecular weight is 276 g/mol. The number of hydrogen-bond acceptors (Lipinski definition) is 4. The number of nitrogens with zero attached hydrogens (tertiary/aromatic N) is 3. The van der Waals surface area contributed by atoms with Gasteiger partial charge < -0.3 is 15.5 Å². The topological polar surface area (TPSA) is 62.5 Å². The molecule has 2 heterocycles. The first-order chi connectivity index (χ1) is 9.63. The normalized spacial score (nSPS) is 17.1. The SMILES string of the molecule is CCCC(C)C(=O)N1CCN(c2ccncc2N)CC1. The molecule has 0 bridgehead atoms. The second-order valence-electron chi connectivity index (χ2n) is 5.44. The van der Waals surface area contributed by atoms with Gasteiger partial charge >= 0.3 is 0 Å². The minimum atomic E-state index is 0.137. The zero-order valence-corrected chi connectivity index (χ0v) is 12.4. The van der Waals surface area contributed by atoms with Gasteiger partial charge in [-0.25, -0.2) is 0 Å². The molecule has 2 rings (SSSR count). The molecule has 0 spiro atoms. The number of rotatable bonds is 4. The van der Waals surface area contributed by atoms with E-state index < -0.39 is 0 Å². The van der Waals surface area contributed by atoms with E-state index in [9.17, 15) is 4.79 Å². The van der Waals surface area contributed by atoms with E-state index in [4.69, 9.17) is 5.73 Å². The summed E-state index contributed by atoms with van der Waals surface area (Å²) in [5.74, 6) is 0.423. The van der Waals surface area contributed by atoms with Crippen molar-refractivity contribution in [2.45, 2.75) is 26.7 Å². The lowest BCUT2D eigenvalue weighted by atomic mass is 10.0. The molecule has 20 heavy (non-hydrogen) atoms. The van der Waals surface area contributed by atoms with E-state index in [1.165, 1.54) is 0 Å². The van der Waals surface area contributed by atoms with Crippen LogP contribution in [0.2, 0.25) is 0 Å². The van der Waals surface area contributed by atoms with Crippen LogP contribution >= 0.6 is 0 Å². The molecule has 1 fully saturated rings. The van der Waals surface area contributed by atoms with Gasteiger partial charge in [0.05, 0.1) is 17.6 Å². The number of pyridine rings is 1. The largest absolute Gasteiger partial charge is 0.396 e. The monoisotopic (exact) mass is 276 g/mol. The summed E-state index contributed by atoms with van der Waals surface area (Å²) >= 11 is 0. The highest BCUT2D eigenvalue weighted by atomic mass is 16.2. The van der Waals surface area contributed by atoms with E-state index in [-0.39, 0.29) is 11.8 Å². The molecule has 0 radical (unpaired) electrons. The summed E-state index contributed by atoms with van der Waals surface area (Å²) in [6.45, 7) is 7.36.